The second-order valence-corrected chi connectivity index (χ2v) is 9.48. The van der Waals surface area contributed by atoms with Gasteiger partial charge in [-0.1, -0.05) is 6.07 Å². The number of aromatic nitrogens is 5. The molecule has 2 aliphatic heterocycles. The molecule has 0 spiro atoms. The summed E-state index contributed by atoms with van der Waals surface area (Å²) in [6.07, 6.45) is 2.63. The second-order valence-electron chi connectivity index (χ2n) is 9.48. The van der Waals surface area contributed by atoms with Crippen molar-refractivity contribution in [2.45, 2.75) is 24.7 Å². The van der Waals surface area contributed by atoms with Gasteiger partial charge in [0.1, 0.15) is 23.6 Å². The Morgan fingerprint density at radius 3 is 2.56 bits per heavy atom. The minimum atomic E-state index is -1.27. The first-order valence-electron chi connectivity index (χ1n) is 12.2. The van der Waals surface area contributed by atoms with E-state index in [4.69, 9.17) is 9.84 Å². The van der Waals surface area contributed by atoms with Gasteiger partial charge in [-0.25, -0.2) is 18.3 Å². The number of rotatable bonds is 4. The quantitative estimate of drug-likeness (QED) is 0.405. The van der Waals surface area contributed by atoms with Crippen LogP contribution >= 0.6 is 0 Å². The number of likely N-dealkylation sites (tertiary alicyclic amines) is 1. The molecule has 0 unspecified atom stereocenters. The Kier molecular flexibility index (Phi) is 5.78. The number of nitrogens with zero attached hydrogens (tertiary/aromatic N) is 6. The molecule has 1 saturated heterocycles. The third-order valence-corrected chi connectivity index (χ3v) is 7.38. The van der Waals surface area contributed by atoms with E-state index in [0.29, 0.717) is 35.6 Å². The zero-order valence-corrected chi connectivity index (χ0v) is 20.4. The lowest BCUT2D eigenvalue weighted by molar-refractivity contribution is -0.145. The van der Waals surface area contributed by atoms with Crippen LogP contribution < -0.4 is 4.74 Å². The number of carboxylic acid groups (broad SMARTS) is 2. The number of carboxylic acids is 1. The fourth-order valence-electron chi connectivity index (χ4n) is 5.25. The summed E-state index contributed by atoms with van der Waals surface area (Å²) in [6, 6.07) is 8.30. The number of amides is 1. The predicted octanol–water partition coefficient (Wildman–Crippen LogP) is 3.43. The van der Waals surface area contributed by atoms with E-state index >= 15 is 0 Å². The molecule has 0 bridgehead atoms. The monoisotopic (exact) mass is 536 g/mol. The van der Waals surface area contributed by atoms with E-state index in [1.165, 1.54) is 26.7 Å². The van der Waals surface area contributed by atoms with E-state index in [2.05, 4.69) is 10.1 Å². The third-order valence-electron chi connectivity index (χ3n) is 7.38. The Bertz CT molecular complexity index is 1610. The number of fused-ring (bicyclic) bond motifs is 3. The van der Waals surface area contributed by atoms with Gasteiger partial charge >= 0.3 is 12.1 Å². The smallest absolute Gasteiger partial charge is 0.407 e. The SMILES string of the molecule is O=C(O)N1CCC(C(=O)O)(c2ccc3c(c2)-c2nn(-c4ncnn4-c4ccc(F)cc4F)cc2CCO3)CC1. The van der Waals surface area contributed by atoms with Crippen molar-refractivity contribution in [3.8, 4) is 28.6 Å². The van der Waals surface area contributed by atoms with Gasteiger partial charge in [0.15, 0.2) is 5.82 Å². The fourth-order valence-corrected chi connectivity index (χ4v) is 5.25. The molecule has 0 radical (unpaired) electrons. The number of piperidine rings is 1. The summed E-state index contributed by atoms with van der Waals surface area (Å²) in [6.45, 7) is 0.553. The Morgan fingerprint density at radius 1 is 1.05 bits per heavy atom. The molecular formula is C26H22F2N6O5. The lowest BCUT2D eigenvalue weighted by atomic mass is 9.72. The normalized spacial score (nSPS) is 16.1. The fraction of sp³-hybridized carbons (Fsp3) is 0.269. The first-order valence-corrected chi connectivity index (χ1v) is 12.2. The molecule has 0 aliphatic carbocycles. The van der Waals surface area contributed by atoms with Crippen molar-refractivity contribution in [3.63, 3.8) is 0 Å². The predicted molar refractivity (Wildman–Crippen MR) is 131 cm³/mol. The van der Waals surface area contributed by atoms with E-state index in [0.717, 1.165) is 17.7 Å². The molecule has 1 fully saturated rings. The highest BCUT2D eigenvalue weighted by Crippen LogP contribution is 2.42. The molecule has 1 amide bonds. The van der Waals surface area contributed by atoms with Crippen molar-refractivity contribution in [2.75, 3.05) is 19.7 Å². The van der Waals surface area contributed by atoms with Crippen molar-refractivity contribution < 1.29 is 33.3 Å². The molecule has 200 valence electrons. The maximum Gasteiger partial charge on any atom is 0.407 e. The van der Waals surface area contributed by atoms with Crippen LogP contribution in [0.1, 0.15) is 24.0 Å². The molecule has 2 aromatic carbocycles. The van der Waals surface area contributed by atoms with Gasteiger partial charge in [-0.2, -0.15) is 19.9 Å². The molecule has 4 aromatic rings. The zero-order valence-electron chi connectivity index (χ0n) is 20.4. The maximum atomic E-state index is 14.5. The van der Waals surface area contributed by atoms with Crippen LogP contribution in [0.25, 0.3) is 22.9 Å². The third kappa shape index (κ3) is 4.06. The molecule has 6 rings (SSSR count). The molecule has 39 heavy (non-hydrogen) atoms. The number of ether oxygens (including phenoxy) is 1. The summed E-state index contributed by atoms with van der Waals surface area (Å²) in [5, 5.41) is 28.4. The summed E-state index contributed by atoms with van der Waals surface area (Å²) >= 11 is 0. The van der Waals surface area contributed by atoms with Crippen molar-refractivity contribution >= 4 is 12.1 Å². The number of aliphatic carboxylic acids is 1. The summed E-state index contributed by atoms with van der Waals surface area (Å²) in [5.74, 6) is -1.86. The van der Waals surface area contributed by atoms with Gasteiger partial charge in [0.2, 0.25) is 0 Å². The first-order chi connectivity index (χ1) is 18.8. The topological polar surface area (TPSA) is 136 Å². The van der Waals surface area contributed by atoms with Crippen LogP contribution in [-0.2, 0) is 16.6 Å². The summed E-state index contributed by atoms with van der Waals surface area (Å²) in [4.78, 5) is 29.4. The molecular weight excluding hydrogens is 514 g/mol. The van der Waals surface area contributed by atoms with Crippen molar-refractivity contribution in [3.05, 3.63) is 71.7 Å². The molecule has 2 N–H and O–H groups in total. The van der Waals surface area contributed by atoms with E-state index in [1.807, 2.05) is 0 Å². The molecule has 2 aromatic heterocycles. The minimum absolute atomic E-state index is 0.00304. The average molecular weight is 536 g/mol. The van der Waals surface area contributed by atoms with Gasteiger partial charge < -0.3 is 19.8 Å². The van der Waals surface area contributed by atoms with Crippen LogP contribution in [0.15, 0.2) is 48.9 Å². The largest absolute Gasteiger partial charge is 0.493 e. The van der Waals surface area contributed by atoms with Crippen LogP contribution in [0.2, 0.25) is 0 Å². The van der Waals surface area contributed by atoms with Crippen LogP contribution in [-0.4, -0.2) is 71.4 Å². The highest BCUT2D eigenvalue weighted by Gasteiger charge is 2.44. The number of hydrogen-bond donors (Lipinski definition) is 2. The highest BCUT2D eigenvalue weighted by molar-refractivity contribution is 5.84. The summed E-state index contributed by atoms with van der Waals surface area (Å²) < 4.78 is 36.6. The highest BCUT2D eigenvalue weighted by atomic mass is 19.1. The average Bonchev–Trinajstić information content (AvgIpc) is 3.52. The molecule has 13 heteroatoms. The Balaban J connectivity index is 1.42. The minimum Gasteiger partial charge on any atom is -0.493 e. The van der Waals surface area contributed by atoms with Crippen LogP contribution in [0.5, 0.6) is 5.75 Å². The maximum absolute atomic E-state index is 14.5. The van der Waals surface area contributed by atoms with E-state index in [1.54, 1.807) is 24.4 Å². The van der Waals surface area contributed by atoms with Gasteiger partial charge in [0, 0.05) is 42.9 Å². The molecule has 11 nitrogen and oxygen atoms in total. The van der Waals surface area contributed by atoms with Crippen molar-refractivity contribution in [1.29, 1.82) is 0 Å². The molecule has 2 aliphatic rings. The summed E-state index contributed by atoms with van der Waals surface area (Å²) in [7, 11) is 0. The summed E-state index contributed by atoms with van der Waals surface area (Å²) in [5.41, 5.74) is 1.18. The Labute approximate surface area is 219 Å². The van der Waals surface area contributed by atoms with E-state index in [9.17, 15) is 28.6 Å². The second kappa shape index (κ2) is 9.19. The van der Waals surface area contributed by atoms with Gasteiger partial charge in [-0.15, -0.1) is 0 Å². The van der Waals surface area contributed by atoms with Gasteiger partial charge in [0.25, 0.3) is 5.95 Å². The number of halogens is 2. The standard InChI is InChI=1S/C26H22F2N6O5/c27-17-2-3-20(19(28)12-17)34-24(29-14-30-34)33-13-15-5-10-39-21-4-1-16(11-18(21)22(15)31-33)26(23(35)36)6-8-32(9-7-26)25(37)38/h1-4,11-14H,5-10H2,(H,35,36)(H,37,38). The lowest BCUT2D eigenvalue weighted by Gasteiger charge is -2.38. The van der Waals surface area contributed by atoms with Gasteiger partial charge in [-0.3, -0.25) is 4.79 Å². The van der Waals surface area contributed by atoms with E-state index in [-0.39, 0.29) is 37.6 Å². The van der Waals surface area contributed by atoms with Gasteiger partial charge in [-0.05, 0) is 42.7 Å². The Hall–Kier alpha value is -4.81. The molecule has 0 saturated carbocycles. The first kappa shape index (κ1) is 24.5. The number of hydrogen-bond acceptors (Lipinski definition) is 6. The van der Waals surface area contributed by atoms with Gasteiger partial charge in [0.05, 0.1) is 17.7 Å². The lowest BCUT2D eigenvalue weighted by Crippen LogP contribution is -2.48. The number of benzene rings is 2. The van der Waals surface area contributed by atoms with Crippen LogP contribution in [0.3, 0.4) is 0 Å². The molecule has 0 atom stereocenters. The van der Waals surface area contributed by atoms with Crippen LogP contribution in [0.4, 0.5) is 13.6 Å². The zero-order chi connectivity index (χ0) is 27.3. The molecule has 4 heterocycles. The number of carbonyl (C=O) groups is 2. The van der Waals surface area contributed by atoms with E-state index < -0.39 is 29.1 Å². The van der Waals surface area contributed by atoms with Crippen molar-refractivity contribution in [2.24, 2.45) is 0 Å². The van der Waals surface area contributed by atoms with Crippen LogP contribution in [0, 0.1) is 11.6 Å². The Morgan fingerprint density at radius 2 is 1.85 bits per heavy atom. The van der Waals surface area contributed by atoms with Crippen molar-refractivity contribution in [1.82, 2.24) is 29.4 Å².